The van der Waals surface area contributed by atoms with Crippen LogP contribution < -0.4 is 15.1 Å². The van der Waals surface area contributed by atoms with Crippen LogP contribution in [-0.2, 0) is 4.79 Å². The summed E-state index contributed by atoms with van der Waals surface area (Å²) in [5.74, 6) is -0.772. The summed E-state index contributed by atoms with van der Waals surface area (Å²) >= 11 is 0. The topological polar surface area (TPSA) is 103 Å². The second kappa shape index (κ2) is 10.1. The summed E-state index contributed by atoms with van der Waals surface area (Å²) in [5, 5.41) is 12.4. The average Bonchev–Trinajstić information content (AvgIpc) is 2.78. The van der Waals surface area contributed by atoms with Crippen molar-refractivity contribution in [3.8, 4) is 0 Å². The van der Waals surface area contributed by atoms with Gasteiger partial charge in [0.1, 0.15) is 11.4 Å². The Bertz CT molecular complexity index is 951. The zero-order valence-electron chi connectivity index (χ0n) is 17.9. The Kier molecular flexibility index (Phi) is 7.23. The molecule has 1 amide bonds. The van der Waals surface area contributed by atoms with Crippen molar-refractivity contribution in [3.63, 3.8) is 0 Å². The van der Waals surface area contributed by atoms with Crippen LogP contribution >= 0.6 is 0 Å². The quantitative estimate of drug-likeness (QED) is 0.626. The van der Waals surface area contributed by atoms with Gasteiger partial charge >= 0.3 is 5.97 Å². The Hall–Kier alpha value is -3.42. The second-order valence-electron chi connectivity index (χ2n) is 7.63. The highest BCUT2D eigenvalue weighted by Gasteiger charge is 2.23. The number of nitrogens with zero attached hydrogens (tertiary/aromatic N) is 3. The van der Waals surface area contributed by atoms with E-state index in [1.165, 1.54) is 12.3 Å². The molecule has 0 aliphatic carbocycles. The van der Waals surface area contributed by atoms with Gasteiger partial charge in [-0.15, -0.1) is 0 Å². The van der Waals surface area contributed by atoms with Crippen LogP contribution in [0.3, 0.4) is 0 Å². The number of anilines is 3. The summed E-state index contributed by atoms with van der Waals surface area (Å²) in [7, 11) is 0. The molecule has 2 heterocycles. The highest BCUT2D eigenvalue weighted by atomic mass is 16.4. The molecule has 3 rings (SSSR count). The SMILES string of the molecule is CCCCC(=O)Nc1cnc(N2CCN(c3ccc(C(C)=O)cc3)CC2)c(C(=O)O)c1. The van der Waals surface area contributed by atoms with E-state index in [0.717, 1.165) is 18.5 Å². The minimum Gasteiger partial charge on any atom is -0.478 e. The Morgan fingerprint density at radius 2 is 1.71 bits per heavy atom. The lowest BCUT2D eigenvalue weighted by Crippen LogP contribution is -2.47. The Morgan fingerprint density at radius 1 is 1.06 bits per heavy atom. The van der Waals surface area contributed by atoms with Crippen LogP contribution in [-0.4, -0.2) is 53.9 Å². The van der Waals surface area contributed by atoms with Crippen LogP contribution in [0.5, 0.6) is 0 Å². The molecule has 2 N–H and O–H groups in total. The number of carboxylic acids is 1. The van der Waals surface area contributed by atoms with Crippen LogP contribution in [0.2, 0.25) is 0 Å². The molecule has 0 radical (unpaired) electrons. The van der Waals surface area contributed by atoms with Gasteiger partial charge in [-0.2, -0.15) is 0 Å². The Balaban J connectivity index is 1.68. The third kappa shape index (κ3) is 5.59. The normalized spacial score (nSPS) is 13.7. The van der Waals surface area contributed by atoms with Crippen molar-refractivity contribution in [2.75, 3.05) is 41.3 Å². The molecule has 1 aliphatic rings. The largest absolute Gasteiger partial charge is 0.478 e. The molecule has 0 bridgehead atoms. The molecule has 1 fully saturated rings. The van der Waals surface area contributed by atoms with Gasteiger partial charge < -0.3 is 20.2 Å². The first kappa shape index (κ1) is 22.3. The van der Waals surface area contributed by atoms with E-state index < -0.39 is 5.97 Å². The van der Waals surface area contributed by atoms with Crippen LogP contribution in [0.15, 0.2) is 36.5 Å². The van der Waals surface area contributed by atoms with Crippen molar-refractivity contribution in [1.29, 1.82) is 0 Å². The molecule has 1 saturated heterocycles. The molecule has 0 spiro atoms. The van der Waals surface area contributed by atoms with E-state index in [2.05, 4.69) is 15.2 Å². The van der Waals surface area contributed by atoms with Gasteiger partial charge in [0.05, 0.1) is 11.9 Å². The number of ketones is 1. The van der Waals surface area contributed by atoms with Crippen molar-refractivity contribution in [3.05, 3.63) is 47.7 Å². The zero-order chi connectivity index (χ0) is 22.4. The molecule has 164 valence electrons. The Labute approximate surface area is 181 Å². The predicted octanol–water partition coefficient (Wildman–Crippen LogP) is 3.44. The molecule has 0 saturated carbocycles. The third-order valence-corrected chi connectivity index (χ3v) is 5.36. The lowest BCUT2D eigenvalue weighted by Gasteiger charge is -2.37. The van der Waals surface area contributed by atoms with Gasteiger partial charge in [0, 0.05) is 43.9 Å². The van der Waals surface area contributed by atoms with Crippen molar-refractivity contribution >= 4 is 34.9 Å². The van der Waals surface area contributed by atoms with E-state index in [-0.39, 0.29) is 17.3 Å². The number of carbonyl (C=O) groups is 3. The van der Waals surface area contributed by atoms with Crippen molar-refractivity contribution in [1.82, 2.24) is 4.98 Å². The lowest BCUT2D eigenvalue weighted by molar-refractivity contribution is -0.116. The van der Waals surface area contributed by atoms with E-state index in [4.69, 9.17) is 0 Å². The maximum atomic E-state index is 11.9. The van der Waals surface area contributed by atoms with E-state index in [0.29, 0.717) is 49.7 Å². The summed E-state index contributed by atoms with van der Waals surface area (Å²) in [6.45, 7) is 6.19. The standard InChI is InChI=1S/C23H28N4O4/c1-3-4-5-21(29)25-18-14-20(23(30)31)22(24-15-18)27-12-10-26(11-13-27)19-8-6-17(7-9-19)16(2)28/h6-9,14-15H,3-5,10-13H2,1-2H3,(H,25,29)(H,30,31). The van der Waals surface area contributed by atoms with Crippen LogP contribution in [0.1, 0.15) is 53.8 Å². The first-order valence-electron chi connectivity index (χ1n) is 10.5. The highest BCUT2D eigenvalue weighted by Crippen LogP contribution is 2.25. The smallest absolute Gasteiger partial charge is 0.339 e. The number of Topliss-reactive ketones (excluding diaryl/α,β-unsaturated/α-hetero) is 1. The average molecular weight is 425 g/mol. The molecule has 8 nitrogen and oxygen atoms in total. The van der Waals surface area contributed by atoms with E-state index in [1.54, 1.807) is 6.92 Å². The highest BCUT2D eigenvalue weighted by molar-refractivity contribution is 5.97. The number of benzene rings is 1. The van der Waals surface area contributed by atoms with Gasteiger partial charge in [-0.1, -0.05) is 13.3 Å². The fraction of sp³-hybridized carbons (Fsp3) is 0.391. The fourth-order valence-electron chi connectivity index (χ4n) is 3.58. The van der Waals surface area contributed by atoms with Crippen LogP contribution in [0, 0.1) is 0 Å². The summed E-state index contributed by atoms with van der Waals surface area (Å²) < 4.78 is 0. The molecule has 0 unspecified atom stereocenters. The number of rotatable bonds is 8. The van der Waals surface area contributed by atoms with Crippen molar-refractivity contribution < 1.29 is 19.5 Å². The first-order valence-corrected chi connectivity index (χ1v) is 10.5. The molecule has 31 heavy (non-hydrogen) atoms. The number of aromatic carboxylic acids is 1. The minimum atomic E-state index is -1.07. The van der Waals surface area contributed by atoms with Crippen molar-refractivity contribution in [2.45, 2.75) is 33.1 Å². The first-order chi connectivity index (χ1) is 14.9. The molecule has 0 atom stereocenters. The van der Waals surface area contributed by atoms with Crippen LogP contribution in [0.25, 0.3) is 0 Å². The molecular formula is C23H28N4O4. The number of piperazine rings is 1. The summed E-state index contributed by atoms with van der Waals surface area (Å²) in [5.41, 5.74) is 2.18. The predicted molar refractivity (Wildman–Crippen MR) is 120 cm³/mol. The number of carbonyl (C=O) groups excluding carboxylic acids is 2. The van der Waals surface area contributed by atoms with Gasteiger partial charge in [0.25, 0.3) is 0 Å². The molecule has 1 aromatic heterocycles. The van der Waals surface area contributed by atoms with Gasteiger partial charge in [0.2, 0.25) is 5.91 Å². The molecule has 8 heteroatoms. The second-order valence-corrected chi connectivity index (χ2v) is 7.63. The fourth-order valence-corrected chi connectivity index (χ4v) is 3.58. The number of hydrogen-bond acceptors (Lipinski definition) is 6. The molecule has 1 aromatic carbocycles. The van der Waals surface area contributed by atoms with E-state index >= 15 is 0 Å². The summed E-state index contributed by atoms with van der Waals surface area (Å²) in [4.78, 5) is 43.7. The minimum absolute atomic E-state index is 0.0358. The van der Waals surface area contributed by atoms with E-state index in [9.17, 15) is 19.5 Å². The molecule has 1 aliphatic heterocycles. The Morgan fingerprint density at radius 3 is 2.29 bits per heavy atom. The van der Waals surface area contributed by atoms with Gasteiger partial charge in [-0.3, -0.25) is 9.59 Å². The molecule has 2 aromatic rings. The van der Waals surface area contributed by atoms with Crippen molar-refractivity contribution in [2.24, 2.45) is 0 Å². The third-order valence-electron chi connectivity index (χ3n) is 5.36. The number of amides is 1. The summed E-state index contributed by atoms with van der Waals surface area (Å²) in [6.07, 6.45) is 3.61. The number of carboxylic acid groups (broad SMARTS) is 1. The maximum absolute atomic E-state index is 11.9. The van der Waals surface area contributed by atoms with Crippen LogP contribution in [0.4, 0.5) is 17.2 Å². The number of pyridine rings is 1. The van der Waals surface area contributed by atoms with Gasteiger partial charge in [-0.05, 0) is 43.7 Å². The monoisotopic (exact) mass is 424 g/mol. The number of unbranched alkanes of at least 4 members (excludes halogenated alkanes) is 1. The van der Waals surface area contributed by atoms with E-state index in [1.807, 2.05) is 36.1 Å². The zero-order valence-corrected chi connectivity index (χ0v) is 17.9. The maximum Gasteiger partial charge on any atom is 0.339 e. The molecular weight excluding hydrogens is 396 g/mol. The number of hydrogen-bond donors (Lipinski definition) is 2. The number of aromatic nitrogens is 1. The number of nitrogens with one attached hydrogen (secondary N) is 1. The summed E-state index contributed by atoms with van der Waals surface area (Å²) in [6, 6.07) is 8.98. The lowest BCUT2D eigenvalue weighted by atomic mass is 10.1. The van der Waals surface area contributed by atoms with Gasteiger partial charge in [-0.25, -0.2) is 9.78 Å². The van der Waals surface area contributed by atoms with Gasteiger partial charge in [0.15, 0.2) is 5.78 Å².